The summed E-state index contributed by atoms with van der Waals surface area (Å²) in [4.78, 5) is 23.8. The number of hydrogen-bond acceptors (Lipinski definition) is 3. The number of aryl methyl sites for hydroxylation is 1. The van der Waals surface area contributed by atoms with Crippen molar-refractivity contribution >= 4 is 17.6 Å². The molecule has 1 atom stereocenters. The van der Waals surface area contributed by atoms with Gasteiger partial charge >= 0.3 is 6.03 Å². The van der Waals surface area contributed by atoms with Crippen molar-refractivity contribution in [2.75, 3.05) is 11.9 Å². The van der Waals surface area contributed by atoms with E-state index in [-0.39, 0.29) is 18.5 Å². The van der Waals surface area contributed by atoms with Crippen molar-refractivity contribution in [2.24, 2.45) is 0 Å². The molecule has 3 N–H and O–H groups in total. The highest BCUT2D eigenvalue weighted by Crippen LogP contribution is 2.17. The molecule has 5 heteroatoms. The predicted molar refractivity (Wildman–Crippen MR) is 95.9 cm³/mol. The number of urea groups is 1. The van der Waals surface area contributed by atoms with Gasteiger partial charge < -0.3 is 10.6 Å². The van der Waals surface area contributed by atoms with Gasteiger partial charge in [0.05, 0.1) is 6.54 Å². The number of hydrogen-bond donors (Lipinski definition) is 3. The molecule has 2 rings (SSSR count). The Morgan fingerprint density at radius 2 is 1.71 bits per heavy atom. The zero-order chi connectivity index (χ0) is 17.5. The lowest BCUT2D eigenvalue weighted by molar-refractivity contribution is -0.119. The second kappa shape index (κ2) is 8.26. The summed E-state index contributed by atoms with van der Waals surface area (Å²) in [6.45, 7) is 5.93. The Morgan fingerprint density at radius 3 is 2.42 bits per heavy atom. The van der Waals surface area contributed by atoms with Gasteiger partial charge in [0.15, 0.2) is 0 Å². The summed E-state index contributed by atoms with van der Waals surface area (Å²) >= 11 is 0. The topological polar surface area (TPSA) is 70.2 Å². The van der Waals surface area contributed by atoms with Crippen LogP contribution in [-0.2, 0) is 4.79 Å². The number of anilines is 1. The van der Waals surface area contributed by atoms with Gasteiger partial charge in [0, 0.05) is 11.7 Å². The van der Waals surface area contributed by atoms with E-state index in [4.69, 9.17) is 0 Å². The summed E-state index contributed by atoms with van der Waals surface area (Å²) in [6, 6.07) is 15.0. The van der Waals surface area contributed by atoms with E-state index in [1.165, 1.54) is 0 Å². The van der Waals surface area contributed by atoms with Gasteiger partial charge in [-0.25, -0.2) is 4.79 Å². The van der Waals surface area contributed by atoms with E-state index < -0.39 is 6.03 Å². The first-order valence-corrected chi connectivity index (χ1v) is 7.92. The lowest BCUT2D eigenvalue weighted by Gasteiger charge is -2.14. The number of imide groups is 1. The van der Waals surface area contributed by atoms with Gasteiger partial charge in [-0.2, -0.15) is 0 Å². The Kier molecular flexibility index (Phi) is 6.09. The number of benzene rings is 2. The molecular weight excluding hydrogens is 302 g/mol. The Labute approximate surface area is 142 Å². The first-order chi connectivity index (χ1) is 11.5. The number of carbonyl (C=O) groups is 2. The summed E-state index contributed by atoms with van der Waals surface area (Å²) in [6.07, 6.45) is 0. The maximum atomic E-state index is 11.9. The van der Waals surface area contributed by atoms with Crippen molar-refractivity contribution in [1.82, 2.24) is 10.6 Å². The third kappa shape index (κ3) is 4.93. The van der Waals surface area contributed by atoms with Crippen molar-refractivity contribution in [3.05, 3.63) is 65.2 Å². The molecule has 0 fully saturated rings. The monoisotopic (exact) mass is 325 g/mol. The van der Waals surface area contributed by atoms with Crippen LogP contribution in [0.25, 0.3) is 0 Å². The molecule has 24 heavy (non-hydrogen) atoms. The van der Waals surface area contributed by atoms with Crippen LogP contribution in [0.3, 0.4) is 0 Å². The molecule has 3 amide bonds. The minimum absolute atomic E-state index is 0.0269. The van der Waals surface area contributed by atoms with Gasteiger partial charge in [0.1, 0.15) is 0 Å². The van der Waals surface area contributed by atoms with Crippen LogP contribution in [-0.4, -0.2) is 18.5 Å². The predicted octanol–water partition coefficient (Wildman–Crippen LogP) is 3.30. The molecule has 2 aromatic carbocycles. The molecule has 0 unspecified atom stereocenters. The summed E-state index contributed by atoms with van der Waals surface area (Å²) in [5.41, 5.74) is 3.85. The number of rotatable bonds is 5. The molecule has 0 bridgehead atoms. The van der Waals surface area contributed by atoms with E-state index >= 15 is 0 Å². The fraction of sp³-hybridized carbons (Fsp3) is 0.263. The van der Waals surface area contributed by atoms with Gasteiger partial charge in [-0.15, -0.1) is 0 Å². The lowest BCUT2D eigenvalue weighted by Crippen LogP contribution is -2.40. The van der Waals surface area contributed by atoms with Crippen molar-refractivity contribution in [3.8, 4) is 0 Å². The first kappa shape index (κ1) is 17.7. The van der Waals surface area contributed by atoms with Crippen molar-refractivity contribution < 1.29 is 9.59 Å². The van der Waals surface area contributed by atoms with Gasteiger partial charge in [-0.05, 0) is 43.5 Å². The maximum absolute atomic E-state index is 11.9. The first-order valence-electron chi connectivity index (χ1n) is 7.92. The molecule has 0 aliphatic rings. The molecule has 5 nitrogen and oxygen atoms in total. The number of carbonyl (C=O) groups excluding carboxylic acids is 2. The van der Waals surface area contributed by atoms with E-state index in [1.807, 2.05) is 69.3 Å². The normalized spacial score (nSPS) is 11.6. The van der Waals surface area contributed by atoms with Gasteiger partial charge in [-0.3, -0.25) is 10.1 Å². The zero-order valence-electron chi connectivity index (χ0n) is 14.2. The molecule has 0 radical (unpaired) electrons. The standard InChI is InChI=1S/C19H23N3O2/c1-13-8-7-11-17(14(13)2)21-19(24)22-18(23)12-20-15(3)16-9-5-4-6-10-16/h4-11,15,20H,12H2,1-3H3,(H2,21,22,23,24)/t15-/m0/s1. The molecule has 126 valence electrons. The summed E-state index contributed by atoms with van der Waals surface area (Å²) in [5, 5.41) is 8.13. The van der Waals surface area contributed by atoms with Crippen molar-refractivity contribution in [2.45, 2.75) is 26.8 Å². The van der Waals surface area contributed by atoms with Gasteiger partial charge in [-0.1, -0.05) is 42.5 Å². The van der Waals surface area contributed by atoms with Gasteiger partial charge in [0.2, 0.25) is 5.91 Å². The highest BCUT2D eigenvalue weighted by molar-refractivity contribution is 6.02. The highest BCUT2D eigenvalue weighted by atomic mass is 16.2. The lowest BCUT2D eigenvalue weighted by atomic mass is 10.1. The molecular formula is C19H23N3O2. The van der Waals surface area contributed by atoms with E-state index in [9.17, 15) is 9.59 Å². The Balaban J connectivity index is 1.81. The largest absolute Gasteiger partial charge is 0.325 e. The van der Waals surface area contributed by atoms with Crippen LogP contribution in [0.4, 0.5) is 10.5 Å². The van der Waals surface area contributed by atoms with Crippen molar-refractivity contribution in [1.29, 1.82) is 0 Å². The molecule has 0 saturated heterocycles. The van der Waals surface area contributed by atoms with Crippen LogP contribution in [0, 0.1) is 13.8 Å². The van der Waals surface area contributed by atoms with Crippen LogP contribution in [0.15, 0.2) is 48.5 Å². The molecule has 0 aromatic heterocycles. The van der Waals surface area contributed by atoms with Gasteiger partial charge in [0.25, 0.3) is 0 Å². The summed E-state index contributed by atoms with van der Waals surface area (Å²) in [5.74, 6) is -0.374. The van der Waals surface area contributed by atoms with E-state index in [0.29, 0.717) is 5.69 Å². The second-order valence-electron chi connectivity index (χ2n) is 5.76. The van der Waals surface area contributed by atoms with Crippen molar-refractivity contribution in [3.63, 3.8) is 0 Å². The van der Waals surface area contributed by atoms with Crippen LogP contribution < -0.4 is 16.0 Å². The average Bonchev–Trinajstić information content (AvgIpc) is 2.57. The van der Waals surface area contributed by atoms with E-state index in [1.54, 1.807) is 0 Å². The van der Waals surface area contributed by atoms with Crippen LogP contribution in [0.5, 0.6) is 0 Å². The number of amides is 3. The van der Waals surface area contributed by atoms with E-state index in [0.717, 1.165) is 16.7 Å². The maximum Gasteiger partial charge on any atom is 0.325 e. The third-order valence-corrected chi connectivity index (χ3v) is 3.97. The SMILES string of the molecule is Cc1cccc(NC(=O)NC(=O)CN[C@@H](C)c2ccccc2)c1C. The fourth-order valence-corrected chi connectivity index (χ4v) is 2.32. The second-order valence-corrected chi connectivity index (χ2v) is 5.76. The summed E-state index contributed by atoms with van der Waals surface area (Å²) in [7, 11) is 0. The Morgan fingerprint density at radius 1 is 1.00 bits per heavy atom. The summed E-state index contributed by atoms with van der Waals surface area (Å²) < 4.78 is 0. The quantitative estimate of drug-likeness (QED) is 0.790. The minimum atomic E-state index is -0.525. The van der Waals surface area contributed by atoms with Crippen LogP contribution in [0.1, 0.15) is 29.7 Å². The molecule has 0 saturated carbocycles. The molecule has 0 aliphatic heterocycles. The third-order valence-electron chi connectivity index (χ3n) is 3.97. The Bertz CT molecular complexity index is 714. The average molecular weight is 325 g/mol. The Hall–Kier alpha value is -2.66. The molecule has 2 aromatic rings. The molecule has 0 heterocycles. The molecule has 0 spiro atoms. The van der Waals surface area contributed by atoms with E-state index in [2.05, 4.69) is 16.0 Å². The highest BCUT2D eigenvalue weighted by Gasteiger charge is 2.11. The minimum Gasteiger partial charge on any atom is -0.307 e. The van der Waals surface area contributed by atoms with Crippen LogP contribution in [0.2, 0.25) is 0 Å². The zero-order valence-corrected chi connectivity index (χ0v) is 14.2. The smallest absolute Gasteiger partial charge is 0.307 e. The fourth-order valence-electron chi connectivity index (χ4n) is 2.32. The number of nitrogens with one attached hydrogen (secondary N) is 3. The van der Waals surface area contributed by atoms with Crippen LogP contribution >= 0.6 is 0 Å². The molecule has 0 aliphatic carbocycles.